The number of para-hydroxylation sites is 2. The third kappa shape index (κ3) is 8.64. The van der Waals surface area contributed by atoms with Crippen LogP contribution in [-0.2, 0) is 29.2 Å². The number of amides is 1. The van der Waals surface area contributed by atoms with Crippen molar-refractivity contribution in [3.05, 3.63) is 83.6 Å². The van der Waals surface area contributed by atoms with Crippen LogP contribution in [0.4, 0.5) is 11.4 Å². The van der Waals surface area contributed by atoms with E-state index in [9.17, 15) is 14.5 Å². The van der Waals surface area contributed by atoms with Crippen LogP contribution in [0.15, 0.2) is 72.5 Å². The summed E-state index contributed by atoms with van der Waals surface area (Å²) in [5.41, 5.74) is 7.58. The van der Waals surface area contributed by atoms with Crippen LogP contribution >= 0.6 is 8.25 Å². The smallest absolute Gasteiger partial charge is 0.394 e. The molecule has 2 aromatic rings. The van der Waals surface area contributed by atoms with Crippen LogP contribution < -0.4 is 10.2 Å². The summed E-state index contributed by atoms with van der Waals surface area (Å²) in [7, 11) is -2.43. The molecule has 2 unspecified atom stereocenters. The summed E-state index contributed by atoms with van der Waals surface area (Å²) in [6.07, 6.45) is 9.42. The average Bonchev–Trinajstić information content (AvgIpc) is 3.41. The Morgan fingerprint density at radius 2 is 1.74 bits per heavy atom. The second-order valence-corrected chi connectivity index (χ2v) is 14.0. The van der Waals surface area contributed by atoms with Crippen molar-refractivity contribution in [2.45, 2.75) is 83.7 Å². The molecule has 0 saturated heterocycles. The Hall–Kier alpha value is -3.20. The van der Waals surface area contributed by atoms with E-state index in [-0.39, 0.29) is 36.6 Å². The Morgan fingerprint density at radius 3 is 2.47 bits per heavy atom. The monoisotopic (exact) mass is 665 g/mol. The van der Waals surface area contributed by atoms with Gasteiger partial charge in [-0.25, -0.2) is 0 Å². The zero-order valence-corrected chi connectivity index (χ0v) is 29.5. The fourth-order valence-electron chi connectivity index (χ4n) is 6.73. The molecule has 2 aromatic carbocycles. The zero-order chi connectivity index (χ0) is 34.0. The molecule has 2 heterocycles. The van der Waals surface area contributed by atoms with Gasteiger partial charge in [-0.15, -0.1) is 9.05 Å². The van der Waals surface area contributed by atoms with Crippen molar-refractivity contribution in [1.82, 2.24) is 5.32 Å². The van der Waals surface area contributed by atoms with Crippen LogP contribution in [0.3, 0.4) is 0 Å². The molecule has 0 spiro atoms. The maximum Gasteiger partial charge on any atom is 0.697 e. The fraction of sp³-hybridized carbons (Fsp3) is 0.514. The summed E-state index contributed by atoms with van der Waals surface area (Å²) in [6, 6.07) is 17.4. The third-order valence-corrected chi connectivity index (χ3v) is 10.1. The lowest BCUT2D eigenvalue weighted by Crippen LogP contribution is -2.28. The first-order valence-electron chi connectivity index (χ1n) is 16.8. The van der Waals surface area contributed by atoms with Crippen LogP contribution in [0.1, 0.15) is 77.8 Å². The summed E-state index contributed by atoms with van der Waals surface area (Å²) in [5, 5.41) is 21.1. The van der Waals surface area contributed by atoms with Crippen LogP contribution in [0.5, 0.6) is 0 Å². The molecule has 0 radical (unpaired) electrons. The second kappa shape index (κ2) is 16.8. The van der Waals surface area contributed by atoms with Gasteiger partial charge < -0.3 is 20.4 Å². The van der Waals surface area contributed by atoms with Gasteiger partial charge in [-0.1, -0.05) is 56.3 Å². The topological polar surface area (TPSA) is 111 Å². The number of likely N-dealkylation sites (N-methyl/N-ethyl adjacent to an activating group) is 1. The molecular weight excluding hydrogens is 613 g/mol. The number of hydrogen-bond donors (Lipinski definition) is 3. The predicted molar refractivity (Wildman–Crippen MR) is 188 cm³/mol. The van der Waals surface area contributed by atoms with Gasteiger partial charge in [0.25, 0.3) is 0 Å². The highest BCUT2D eigenvalue weighted by atomic mass is 31.1. The minimum Gasteiger partial charge on any atom is -0.394 e. The molecule has 9 nitrogen and oxygen atoms in total. The number of allylic oxidation sites excluding steroid dienone is 4. The van der Waals surface area contributed by atoms with Crippen molar-refractivity contribution >= 4 is 31.2 Å². The predicted octanol–water partition coefficient (Wildman–Crippen LogP) is 6.43. The first kappa shape index (κ1) is 36.6. The first-order valence-corrected chi connectivity index (χ1v) is 17.9. The quantitative estimate of drug-likeness (QED) is 0.0956. The van der Waals surface area contributed by atoms with E-state index in [1.165, 1.54) is 33.9 Å². The van der Waals surface area contributed by atoms with E-state index in [0.717, 1.165) is 32.4 Å². The van der Waals surface area contributed by atoms with Crippen molar-refractivity contribution < 1.29 is 33.2 Å². The highest BCUT2D eigenvalue weighted by Gasteiger charge is 2.44. The van der Waals surface area contributed by atoms with E-state index in [2.05, 4.69) is 116 Å². The lowest BCUT2D eigenvalue weighted by molar-refractivity contribution is -0.438. The molecule has 2 aliphatic heterocycles. The minimum absolute atomic E-state index is 0.0587. The summed E-state index contributed by atoms with van der Waals surface area (Å²) in [6.45, 7) is 12.8. The Balaban J connectivity index is 1.35. The van der Waals surface area contributed by atoms with Gasteiger partial charge in [0, 0.05) is 65.0 Å². The van der Waals surface area contributed by atoms with E-state index < -0.39 is 14.4 Å². The molecule has 254 valence electrons. The average molecular weight is 666 g/mol. The molecule has 0 fully saturated rings. The van der Waals surface area contributed by atoms with Gasteiger partial charge >= 0.3 is 8.25 Å². The van der Waals surface area contributed by atoms with Gasteiger partial charge in [0.05, 0.1) is 18.6 Å². The maximum absolute atomic E-state index is 12.4. The number of carbonyl (C=O) groups excluding carboxylic acids is 1. The van der Waals surface area contributed by atoms with E-state index >= 15 is 0 Å². The normalized spacial score (nSPS) is 18.1. The summed E-state index contributed by atoms with van der Waals surface area (Å²) >= 11 is 0. The van der Waals surface area contributed by atoms with Gasteiger partial charge in [-0.05, 0) is 57.7 Å². The number of fused-ring (bicyclic) bond motifs is 2. The molecule has 0 aliphatic carbocycles. The standard InChI is InChI=1S/C37H51N3O6P/c1-6-39-31-17-11-9-15-29(31)36(2,3)33(39)19-14-20-34-37(4,5)30-16-10-12-18-32(30)40(34)24-13-7-8-21-35(43)38-23-22-28(27-42)46-47(44)45-26-25-41/h9-12,14-20,28,41-42H,6-8,13,21-27H2,1-5H3/q+1/p+1. The molecule has 0 bridgehead atoms. The van der Waals surface area contributed by atoms with E-state index in [1.54, 1.807) is 0 Å². The van der Waals surface area contributed by atoms with E-state index in [0.29, 0.717) is 19.4 Å². The van der Waals surface area contributed by atoms with Crippen LogP contribution in [0, 0.1) is 0 Å². The molecule has 0 saturated carbocycles. The van der Waals surface area contributed by atoms with Gasteiger partial charge in [-0.2, -0.15) is 4.58 Å². The van der Waals surface area contributed by atoms with E-state index in [1.807, 2.05) is 0 Å². The van der Waals surface area contributed by atoms with Crippen LogP contribution in [0.25, 0.3) is 0 Å². The number of anilines is 1. The summed E-state index contributed by atoms with van der Waals surface area (Å²) in [4.78, 5) is 14.9. The fourth-order valence-corrected chi connectivity index (χ4v) is 7.44. The second-order valence-electron chi connectivity index (χ2n) is 13.1. The Morgan fingerprint density at radius 1 is 1.02 bits per heavy atom. The van der Waals surface area contributed by atoms with E-state index in [4.69, 9.17) is 14.2 Å². The van der Waals surface area contributed by atoms with Gasteiger partial charge in [-0.3, -0.25) is 4.79 Å². The van der Waals surface area contributed by atoms with Crippen molar-refractivity contribution in [3.8, 4) is 0 Å². The van der Waals surface area contributed by atoms with Crippen LogP contribution in [0.2, 0.25) is 0 Å². The summed E-state index contributed by atoms with van der Waals surface area (Å²) < 4.78 is 24.0. The lowest BCUT2D eigenvalue weighted by atomic mass is 9.81. The first-order chi connectivity index (χ1) is 22.6. The van der Waals surface area contributed by atoms with Crippen molar-refractivity contribution in [2.75, 3.05) is 44.4 Å². The van der Waals surface area contributed by atoms with Crippen molar-refractivity contribution in [3.63, 3.8) is 0 Å². The number of nitrogens with zero attached hydrogens (tertiary/aromatic N) is 2. The number of benzene rings is 2. The third-order valence-electron chi connectivity index (χ3n) is 9.22. The molecular formula is C37H52N3O6P+2. The van der Waals surface area contributed by atoms with Crippen molar-refractivity contribution in [2.24, 2.45) is 0 Å². The molecule has 10 heteroatoms. The number of carbonyl (C=O) groups is 1. The zero-order valence-electron chi connectivity index (χ0n) is 28.6. The highest BCUT2D eigenvalue weighted by Crippen LogP contribution is 2.47. The molecule has 4 rings (SSSR count). The molecule has 2 aliphatic rings. The lowest BCUT2D eigenvalue weighted by Gasteiger charge is -2.25. The number of unbranched alkanes of at least 4 members (excludes halogenated alkanes) is 2. The molecule has 0 aromatic heterocycles. The number of nitrogens with one attached hydrogen (secondary N) is 1. The molecule has 3 N–H and O–H groups in total. The van der Waals surface area contributed by atoms with Crippen molar-refractivity contribution in [1.29, 1.82) is 0 Å². The Labute approximate surface area is 280 Å². The van der Waals surface area contributed by atoms with Gasteiger partial charge in [0.1, 0.15) is 19.3 Å². The maximum atomic E-state index is 12.4. The number of aliphatic hydroxyl groups is 2. The Kier molecular flexibility index (Phi) is 13.1. The minimum atomic E-state index is -2.43. The number of rotatable bonds is 18. The number of hydrogen-bond acceptors (Lipinski definition) is 7. The van der Waals surface area contributed by atoms with Gasteiger partial charge in [0.15, 0.2) is 5.71 Å². The number of aliphatic hydroxyl groups excluding tert-OH is 2. The highest BCUT2D eigenvalue weighted by molar-refractivity contribution is 7.33. The Bertz CT molecular complexity index is 1500. The van der Waals surface area contributed by atoms with Gasteiger partial charge in [0.2, 0.25) is 11.6 Å². The SMILES string of the molecule is CCN1C(=CC=CC2=[N+](CCCCCC(=O)NCCC(CO)O[P+](=O)OCCO)c3ccccc3C2(C)C)C(C)(C)c2ccccc21. The molecule has 2 atom stereocenters. The molecule has 1 amide bonds. The van der Waals surface area contributed by atoms with Crippen LogP contribution in [-0.4, -0.2) is 72.0 Å². The largest absolute Gasteiger partial charge is 0.697 e. The summed E-state index contributed by atoms with van der Waals surface area (Å²) in [5.74, 6) is -0.0587. The molecule has 47 heavy (non-hydrogen) atoms.